The summed E-state index contributed by atoms with van der Waals surface area (Å²) in [7, 11) is 0. The summed E-state index contributed by atoms with van der Waals surface area (Å²) in [5.74, 6) is 1.59. The number of fused-ring (bicyclic) bond motifs is 2. The first-order chi connectivity index (χ1) is 8.71. The van der Waals surface area contributed by atoms with Crippen LogP contribution < -0.4 is 5.32 Å². The molecule has 0 heterocycles. The zero-order valence-electron chi connectivity index (χ0n) is 11.0. The number of hydrogen-bond acceptors (Lipinski definition) is 1. The lowest BCUT2D eigenvalue weighted by molar-refractivity contribution is 0.327. The fourth-order valence-corrected chi connectivity index (χ4v) is 4.12. The molecule has 3 aliphatic carbocycles. The molecular formula is C17H19N. The van der Waals surface area contributed by atoms with Crippen molar-refractivity contribution in [2.24, 2.45) is 17.3 Å². The van der Waals surface area contributed by atoms with Gasteiger partial charge in [-0.05, 0) is 48.5 Å². The summed E-state index contributed by atoms with van der Waals surface area (Å²) in [5.41, 5.74) is 6.42. The molecular weight excluding hydrogens is 218 g/mol. The quantitative estimate of drug-likeness (QED) is 0.806. The summed E-state index contributed by atoms with van der Waals surface area (Å²) in [4.78, 5) is 0. The molecule has 2 fully saturated rings. The van der Waals surface area contributed by atoms with Gasteiger partial charge in [0, 0.05) is 16.8 Å². The average Bonchev–Trinajstić information content (AvgIpc) is 3.03. The SMILES string of the molecule is CC1C2=C(Nc3ccccc3)C=C3C(CC2)C31C. The molecule has 0 aromatic heterocycles. The van der Waals surface area contributed by atoms with Crippen LogP contribution >= 0.6 is 0 Å². The third-order valence-electron chi connectivity index (χ3n) is 5.46. The maximum absolute atomic E-state index is 3.62. The molecule has 2 saturated carbocycles. The van der Waals surface area contributed by atoms with E-state index >= 15 is 0 Å². The van der Waals surface area contributed by atoms with E-state index in [0.717, 1.165) is 11.8 Å². The van der Waals surface area contributed by atoms with Crippen LogP contribution in [0.3, 0.4) is 0 Å². The summed E-state index contributed by atoms with van der Waals surface area (Å²) >= 11 is 0. The maximum Gasteiger partial charge on any atom is 0.0384 e. The van der Waals surface area contributed by atoms with Crippen molar-refractivity contribution in [2.45, 2.75) is 26.7 Å². The Labute approximate surface area is 109 Å². The molecule has 1 heteroatoms. The van der Waals surface area contributed by atoms with Gasteiger partial charge in [0.1, 0.15) is 0 Å². The van der Waals surface area contributed by atoms with E-state index in [-0.39, 0.29) is 0 Å². The number of benzene rings is 1. The average molecular weight is 237 g/mol. The number of anilines is 1. The van der Waals surface area contributed by atoms with Gasteiger partial charge >= 0.3 is 0 Å². The lowest BCUT2D eigenvalue weighted by atomic mass is 9.74. The van der Waals surface area contributed by atoms with Crippen molar-refractivity contribution >= 4 is 5.69 Å². The van der Waals surface area contributed by atoms with Crippen LogP contribution in [0.1, 0.15) is 26.7 Å². The predicted octanol–water partition coefficient (Wildman–Crippen LogP) is 4.36. The van der Waals surface area contributed by atoms with Gasteiger partial charge in [0.05, 0.1) is 0 Å². The molecule has 0 aliphatic heterocycles. The molecule has 0 amide bonds. The Morgan fingerprint density at radius 3 is 2.78 bits per heavy atom. The largest absolute Gasteiger partial charge is 0.356 e. The van der Waals surface area contributed by atoms with Gasteiger partial charge in [-0.2, -0.15) is 0 Å². The van der Waals surface area contributed by atoms with Crippen LogP contribution in [0, 0.1) is 17.3 Å². The Balaban J connectivity index is 1.72. The molecule has 18 heavy (non-hydrogen) atoms. The van der Waals surface area contributed by atoms with Crippen LogP contribution in [-0.2, 0) is 0 Å². The number of rotatable bonds is 2. The smallest absolute Gasteiger partial charge is 0.0384 e. The van der Waals surface area contributed by atoms with Gasteiger partial charge in [0.25, 0.3) is 0 Å². The van der Waals surface area contributed by atoms with E-state index < -0.39 is 0 Å². The Hall–Kier alpha value is -1.50. The molecule has 0 radical (unpaired) electrons. The fraction of sp³-hybridized carbons (Fsp3) is 0.412. The molecule has 3 aliphatic rings. The number of allylic oxidation sites excluding steroid dienone is 3. The molecule has 1 aromatic carbocycles. The van der Waals surface area contributed by atoms with Gasteiger partial charge in [-0.25, -0.2) is 0 Å². The molecule has 2 bridgehead atoms. The molecule has 1 aromatic rings. The summed E-state index contributed by atoms with van der Waals surface area (Å²) < 4.78 is 0. The lowest BCUT2D eigenvalue weighted by Gasteiger charge is -2.32. The second-order valence-corrected chi connectivity index (χ2v) is 6.13. The molecule has 3 atom stereocenters. The topological polar surface area (TPSA) is 12.0 Å². The fourth-order valence-electron chi connectivity index (χ4n) is 4.12. The van der Waals surface area contributed by atoms with E-state index in [1.165, 1.54) is 24.2 Å². The minimum absolute atomic E-state index is 0.509. The minimum Gasteiger partial charge on any atom is -0.356 e. The van der Waals surface area contributed by atoms with Crippen LogP contribution in [0.25, 0.3) is 0 Å². The standard InChI is InChI=1S/C17H19N/c1-11-13-8-9-14-15(17(11,14)2)10-16(13)18-12-6-4-3-5-7-12/h3-7,10-11,14,18H,8-9H2,1-2H3. The molecule has 3 unspecified atom stereocenters. The van der Waals surface area contributed by atoms with E-state index in [9.17, 15) is 0 Å². The number of nitrogens with one attached hydrogen (secondary N) is 1. The Bertz CT molecular complexity index is 567. The van der Waals surface area contributed by atoms with Crippen molar-refractivity contribution in [1.29, 1.82) is 0 Å². The van der Waals surface area contributed by atoms with Crippen molar-refractivity contribution in [1.82, 2.24) is 0 Å². The maximum atomic E-state index is 3.62. The van der Waals surface area contributed by atoms with Crippen molar-refractivity contribution < 1.29 is 0 Å². The van der Waals surface area contributed by atoms with Crippen LogP contribution in [0.2, 0.25) is 0 Å². The molecule has 0 spiro atoms. The van der Waals surface area contributed by atoms with Crippen LogP contribution in [-0.4, -0.2) is 0 Å². The third kappa shape index (κ3) is 1.17. The Morgan fingerprint density at radius 2 is 2.00 bits per heavy atom. The Kier molecular flexibility index (Phi) is 1.90. The Morgan fingerprint density at radius 1 is 1.22 bits per heavy atom. The lowest BCUT2D eigenvalue weighted by Crippen LogP contribution is -2.23. The summed E-state index contributed by atoms with van der Waals surface area (Å²) in [6.07, 6.45) is 5.07. The van der Waals surface area contributed by atoms with Crippen LogP contribution in [0.5, 0.6) is 0 Å². The molecule has 0 saturated heterocycles. The van der Waals surface area contributed by atoms with E-state index in [2.05, 4.69) is 55.6 Å². The zero-order chi connectivity index (χ0) is 12.3. The van der Waals surface area contributed by atoms with E-state index in [1.807, 2.05) is 0 Å². The monoisotopic (exact) mass is 237 g/mol. The van der Waals surface area contributed by atoms with E-state index in [4.69, 9.17) is 0 Å². The molecule has 1 N–H and O–H groups in total. The molecule has 4 rings (SSSR count). The minimum atomic E-state index is 0.509. The first kappa shape index (κ1) is 10.4. The highest BCUT2D eigenvalue weighted by Crippen LogP contribution is 2.71. The second kappa shape index (κ2) is 3.28. The van der Waals surface area contributed by atoms with Gasteiger partial charge in [-0.1, -0.05) is 37.6 Å². The molecule has 92 valence electrons. The van der Waals surface area contributed by atoms with E-state index in [0.29, 0.717) is 5.41 Å². The third-order valence-corrected chi connectivity index (χ3v) is 5.46. The highest BCUT2D eigenvalue weighted by atomic mass is 14.9. The van der Waals surface area contributed by atoms with Gasteiger partial charge < -0.3 is 5.32 Å². The second-order valence-electron chi connectivity index (χ2n) is 6.13. The number of hydrogen-bond donors (Lipinski definition) is 1. The first-order valence-electron chi connectivity index (χ1n) is 6.98. The van der Waals surface area contributed by atoms with Crippen molar-refractivity contribution in [3.05, 3.63) is 53.3 Å². The predicted molar refractivity (Wildman–Crippen MR) is 75.2 cm³/mol. The van der Waals surface area contributed by atoms with Crippen molar-refractivity contribution in [3.8, 4) is 0 Å². The van der Waals surface area contributed by atoms with Crippen molar-refractivity contribution in [3.63, 3.8) is 0 Å². The zero-order valence-corrected chi connectivity index (χ0v) is 11.0. The highest BCUT2D eigenvalue weighted by Gasteiger charge is 2.63. The van der Waals surface area contributed by atoms with Gasteiger partial charge in [0.15, 0.2) is 0 Å². The highest BCUT2D eigenvalue weighted by molar-refractivity contribution is 5.60. The van der Waals surface area contributed by atoms with Crippen LogP contribution in [0.4, 0.5) is 5.69 Å². The van der Waals surface area contributed by atoms with Crippen molar-refractivity contribution in [2.75, 3.05) is 5.32 Å². The van der Waals surface area contributed by atoms with E-state index in [1.54, 1.807) is 11.1 Å². The summed E-state index contributed by atoms with van der Waals surface area (Å²) in [5, 5.41) is 3.62. The van der Waals surface area contributed by atoms with Gasteiger partial charge in [-0.3, -0.25) is 0 Å². The molecule has 1 nitrogen and oxygen atoms in total. The normalized spacial score (nSPS) is 36.2. The first-order valence-corrected chi connectivity index (χ1v) is 6.98. The van der Waals surface area contributed by atoms with Crippen LogP contribution in [0.15, 0.2) is 53.3 Å². The number of para-hydroxylation sites is 1. The summed E-state index contributed by atoms with van der Waals surface area (Å²) in [6, 6.07) is 10.5. The van der Waals surface area contributed by atoms with Gasteiger partial charge in [0.2, 0.25) is 0 Å². The van der Waals surface area contributed by atoms with Gasteiger partial charge in [-0.15, -0.1) is 0 Å². The summed E-state index contributed by atoms with van der Waals surface area (Å²) in [6.45, 7) is 4.86.